The Morgan fingerprint density at radius 2 is 2.10 bits per heavy atom. The van der Waals surface area contributed by atoms with Gasteiger partial charge in [0.15, 0.2) is 5.75 Å². The Morgan fingerprint density at radius 3 is 2.76 bits per heavy atom. The number of fused-ring (bicyclic) bond motifs is 1. The highest BCUT2D eigenvalue weighted by molar-refractivity contribution is 6.33. The van der Waals surface area contributed by atoms with Gasteiger partial charge in [-0.2, -0.15) is 0 Å². The maximum absolute atomic E-state index is 12.6. The predicted molar refractivity (Wildman–Crippen MR) is 74.0 cm³/mol. The Balaban J connectivity index is 1.94. The SMILES string of the molecule is COc1c(Cl)ccc2c1C(=O)N(C1CCC(=O)NC1=O)C2. The second kappa shape index (κ2) is 5.04. The Bertz CT molecular complexity index is 659. The minimum absolute atomic E-state index is 0.231. The van der Waals surface area contributed by atoms with Crippen molar-refractivity contribution in [1.82, 2.24) is 10.2 Å². The summed E-state index contributed by atoms with van der Waals surface area (Å²) >= 11 is 6.03. The van der Waals surface area contributed by atoms with Crippen LogP contribution in [0.3, 0.4) is 0 Å². The fourth-order valence-corrected chi connectivity index (χ4v) is 3.03. The average molecular weight is 309 g/mol. The third-order valence-corrected chi connectivity index (χ3v) is 4.10. The van der Waals surface area contributed by atoms with Crippen LogP contribution < -0.4 is 10.1 Å². The van der Waals surface area contributed by atoms with Crippen LogP contribution in [0.1, 0.15) is 28.8 Å². The van der Waals surface area contributed by atoms with Gasteiger partial charge < -0.3 is 9.64 Å². The van der Waals surface area contributed by atoms with E-state index >= 15 is 0 Å². The highest BCUT2D eigenvalue weighted by atomic mass is 35.5. The first kappa shape index (κ1) is 13.9. The lowest BCUT2D eigenvalue weighted by Gasteiger charge is -2.29. The van der Waals surface area contributed by atoms with Gasteiger partial charge in [0, 0.05) is 13.0 Å². The van der Waals surface area contributed by atoms with Crippen molar-refractivity contribution in [2.45, 2.75) is 25.4 Å². The monoisotopic (exact) mass is 308 g/mol. The molecule has 0 aliphatic carbocycles. The molecule has 3 amide bonds. The van der Waals surface area contributed by atoms with Crippen molar-refractivity contribution in [3.63, 3.8) is 0 Å². The first-order valence-corrected chi connectivity index (χ1v) is 6.90. The lowest BCUT2D eigenvalue weighted by Crippen LogP contribution is -2.52. The van der Waals surface area contributed by atoms with Gasteiger partial charge in [0.1, 0.15) is 6.04 Å². The van der Waals surface area contributed by atoms with Crippen LogP contribution in [0.25, 0.3) is 0 Å². The molecular weight excluding hydrogens is 296 g/mol. The van der Waals surface area contributed by atoms with Gasteiger partial charge in [-0.05, 0) is 18.1 Å². The van der Waals surface area contributed by atoms with Gasteiger partial charge in [-0.25, -0.2) is 0 Å². The molecule has 7 heteroatoms. The molecule has 1 fully saturated rings. The summed E-state index contributed by atoms with van der Waals surface area (Å²) in [5.74, 6) is -0.702. The van der Waals surface area contributed by atoms with E-state index in [-0.39, 0.29) is 18.2 Å². The minimum Gasteiger partial charge on any atom is -0.494 e. The van der Waals surface area contributed by atoms with E-state index in [1.807, 2.05) is 0 Å². The largest absolute Gasteiger partial charge is 0.494 e. The molecule has 6 nitrogen and oxygen atoms in total. The van der Waals surface area contributed by atoms with Gasteiger partial charge >= 0.3 is 0 Å². The van der Waals surface area contributed by atoms with Crippen molar-refractivity contribution in [1.29, 1.82) is 0 Å². The summed E-state index contributed by atoms with van der Waals surface area (Å²) in [5, 5.41) is 2.62. The van der Waals surface area contributed by atoms with Crippen molar-refractivity contribution < 1.29 is 19.1 Å². The van der Waals surface area contributed by atoms with Crippen LogP contribution in [-0.2, 0) is 16.1 Å². The fraction of sp³-hybridized carbons (Fsp3) is 0.357. The smallest absolute Gasteiger partial charge is 0.259 e. The number of halogens is 1. The summed E-state index contributed by atoms with van der Waals surface area (Å²) in [6.07, 6.45) is 0.564. The molecule has 1 unspecified atom stereocenters. The summed E-state index contributed by atoms with van der Waals surface area (Å²) in [4.78, 5) is 37.2. The highest BCUT2D eigenvalue weighted by Gasteiger charge is 2.40. The lowest BCUT2D eigenvalue weighted by molar-refractivity contribution is -0.136. The number of carbonyl (C=O) groups is 3. The number of imide groups is 1. The number of hydrogen-bond donors (Lipinski definition) is 1. The van der Waals surface area contributed by atoms with Crippen LogP contribution >= 0.6 is 11.6 Å². The molecule has 1 aromatic carbocycles. The molecule has 1 aromatic rings. The van der Waals surface area contributed by atoms with E-state index in [1.54, 1.807) is 12.1 Å². The van der Waals surface area contributed by atoms with Gasteiger partial charge in [0.2, 0.25) is 11.8 Å². The number of benzene rings is 1. The number of nitrogens with zero attached hydrogens (tertiary/aromatic N) is 1. The zero-order valence-electron chi connectivity index (χ0n) is 11.3. The Morgan fingerprint density at radius 1 is 1.33 bits per heavy atom. The molecule has 0 saturated carbocycles. The standard InChI is InChI=1S/C14H13ClN2O4/c1-21-12-8(15)3-2-7-6-17(14(20)11(7)12)9-4-5-10(18)16-13(9)19/h2-3,9H,4-6H2,1H3,(H,16,18,19). The topological polar surface area (TPSA) is 75.7 Å². The van der Waals surface area contributed by atoms with E-state index in [2.05, 4.69) is 5.32 Å². The number of hydrogen-bond acceptors (Lipinski definition) is 4. The Hall–Kier alpha value is -2.08. The van der Waals surface area contributed by atoms with Crippen molar-refractivity contribution in [3.8, 4) is 5.75 Å². The van der Waals surface area contributed by atoms with Gasteiger partial charge in [0.05, 0.1) is 17.7 Å². The first-order chi connectivity index (χ1) is 10.0. The molecule has 1 atom stereocenters. The number of carbonyl (C=O) groups excluding carboxylic acids is 3. The van der Waals surface area contributed by atoms with Crippen LogP contribution in [-0.4, -0.2) is 35.8 Å². The van der Waals surface area contributed by atoms with E-state index < -0.39 is 11.9 Å². The molecule has 3 rings (SSSR count). The van der Waals surface area contributed by atoms with Crippen molar-refractivity contribution in [3.05, 3.63) is 28.3 Å². The predicted octanol–water partition coefficient (Wildman–Crippen LogP) is 1.11. The molecule has 2 aliphatic heterocycles. The third-order valence-electron chi connectivity index (χ3n) is 3.80. The normalized spacial score (nSPS) is 21.3. The zero-order chi connectivity index (χ0) is 15.1. The fourth-order valence-electron chi connectivity index (χ4n) is 2.79. The molecule has 0 aromatic heterocycles. The first-order valence-electron chi connectivity index (χ1n) is 6.53. The molecule has 110 valence electrons. The molecular formula is C14H13ClN2O4. The summed E-state index contributed by atoms with van der Waals surface area (Å²) < 4.78 is 5.20. The Labute approximate surface area is 126 Å². The van der Waals surface area contributed by atoms with Gasteiger partial charge in [0.25, 0.3) is 5.91 Å². The van der Waals surface area contributed by atoms with E-state index in [0.717, 1.165) is 5.56 Å². The van der Waals surface area contributed by atoms with Crippen LogP contribution in [0.15, 0.2) is 12.1 Å². The average Bonchev–Trinajstić information content (AvgIpc) is 2.77. The Kier molecular flexibility index (Phi) is 3.33. The number of rotatable bonds is 2. The lowest BCUT2D eigenvalue weighted by atomic mass is 10.0. The van der Waals surface area contributed by atoms with E-state index in [0.29, 0.717) is 29.3 Å². The number of amides is 3. The molecule has 1 N–H and O–H groups in total. The van der Waals surface area contributed by atoms with Crippen LogP contribution in [0, 0.1) is 0 Å². The molecule has 1 saturated heterocycles. The van der Waals surface area contributed by atoms with Gasteiger partial charge in [-0.15, -0.1) is 0 Å². The quantitative estimate of drug-likeness (QED) is 0.830. The molecule has 2 aliphatic rings. The van der Waals surface area contributed by atoms with E-state index in [4.69, 9.17) is 16.3 Å². The van der Waals surface area contributed by atoms with Crippen molar-refractivity contribution in [2.24, 2.45) is 0 Å². The zero-order valence-corrected chi connectivity index (χ0v) is 12.1. The molecule has 21 heavy (non-hydrogen) atoms. The summed E-state index contributed by atoms with van der Waals surface area (Å²) in [6, 6.07) is 2.79. The van der Waals surface area contributed by atoms with E-state index in [9.17, 15) is 14.4 Å². The van der Waals surface area contributed by atoms with Crippen LogP contribution in [0.4, 0.5) is 0 Å². The maximum atomic E-state index is 12.6. The molecule has 2 heterocycles. The summed E-state index contributed by atoms with van der Waals surface area (Å²) in [6.45, 7) is 0.313. The van der Waals surface area contributed by atoms with Crippen molar-refractivity contribution in [2.75, 3.05) is 7.11 Å². The minimum atomic E-state index is -0.633. The molecule has 0 spiro atoms. The highest BCUT2D eigenvalue weighted by Crippen LogP contribution is 2.37. The van der Waals surface area contributed by atoms with Gasteiger partial charge in [-0.1, -0.05) is 17.7 Å². The molecule has 0 bridgehead atoms. The van der Waals surface area contributed by atoms with Crippen LogP contribution in [0.5, 0.6) is 5.75 Å². The molecule has 0 radical (unpaired) electrons. The van der Waals surface area contributed by atoms with Crippen LogP contribution in [0.2, 0.25) is 5.02 Å². The van der Waals surface area contributed by atoms with Gasteiger partial charge in [-0.3, -0.25) is 19.7 Å². The van der Waals surface area contributed by atoms with Crippen molar-refractivity contribution >= 4 is 29.3 Å². The number of piperidine rings is 1. The second-order valence-electron chi connectivity index (χ2n) is 5.01. The summed E-state index contributed by atoms with van der Waals surface area (Å²) in [5.41, 5.74) is 1.17. The summed E-state index contributed by atoms with van der Waals surface area (Å²) in [7, 11) is 1.45. The number of nitrogens with one attached hydrogen (secondary N) is 1. The number of methoxy groups -OCH3 is 1. The third kappa shape index (κ3) is 2.15. The maximum Gasteiger partial charge on any atom is 0.259 e. The van der Waals surface area contributed by atoms with E-state index in [1.165, 1.54) is 12.0 Å². The number of ether oxygens (including phenoxy) is 1. The second-order valence-corrected chi connectivity index (χ2v) is 5.42.